The highest BCUT2D eigenvalue weighted by Gasteiger charge is 2.32. The summed E-state index contributed by atoms with van der Waals surface area (Å²) in [4.78, 5) is 20.6. The van der Waals surface area contributed by atoms with Crippen LogP contribution in [0.2, 0.25) is 5.02 Å². The maximum absolute atomic E-state index is 12.5. The largest absolute Gasteiger partial charge is 0.462 e. The molecule has 0 spiro atoms. The molecule has 0 aliphatic heterocycles. The van der Waals surface area contributed by atoms with Crippen molar-refractivity contribution in [2.45, 2.75) is 39.8 Å². The number of H-pyrrole nitrogens is 1. The van der Waals surface area contributed by atoms with Crippen molar-refractivity contribution in [2.24, 2.45) is 5.41 Å². The summed E-state index contributed by atoms with van der Waals surface area (Å²) in [5.74, 6) is 0.234. The number of halogens is 1. The third kappa shape index (κ3) is 5.02. The quantitative estimate of drug-likeness (QED) is 0.320. The average Bonchev–Trinajstić information content (AvgIpc) is 3.37. The van der Waals surface area contributed by atoms with E-state index < -0.39 is 11.0 Å². The van der Waals surface area contributed by atoms with Crippen molar-refractivity contribution in [1.29, 1.82) is 5.41 Å². The summed E-state index contributed by atoms with van der Waals surface area (Å²) in [6, 6.07) is 13.3. The first-order chi connectivity index (χ1) is 16.0. The number of benzene rings is 2. The first-order valence-corrected chi connectivity index (χ1v) is 11.3. The van der Waals surface area contributed by atoms with Crippen molar-refractivity contribution in [1.82, 2.24) is 14.5 Å². The number of rotatable bonds is 7. The standard InChI is InChI=1S/C25H28ClN5O3/c1-24(2,3)21(32)34-15-25(4,17-8-6-9-18(26)13-17)30-23-28-19-10-5-7-16(20(19)29-23)14-31-11-12-33-22(31)27/h5-13,27H,14-15H2,1-4H3,(H2,28,29,30). The average molecular weight is 482 g/mol. The highest BCUT2D eigenvalue weighted by Crippen LogP contribution is 2.30. The lowest BCUT2D eigenvalue weighted by atomic mass is 9.92. The summed E-state index contributed by atoms with van der Waals surface area (Å²) in [6.45, 7) is 7.93. The zero-order valence-corrected chi connectivity index (χ0v) is 20.4. The first kappa shape index (κ1) is 23.6. The van der Waals surface area contributed by atoms with Gasteiger partial charge in [-0.1, -0.05) is 35.9 Å². The molecule has 0 aliphatic carbocycles. The second-order valence-electron chi connectivity index (χ2n) is 9.53. The summed E-state index contributed by atoms with van der Waals surface area (Å²) >= 11 is 6.27. The van der Waals surface area contributed by atoms with Gasteiger partial charge < -0.3 is 19.5 Å². The predicted molar refractivity (Wildman–Crippen MR) is 131 cm³/mol. The number of imidazole rings is 1. The Morgan fingerprint density at radius 3 is 2.68 bits per heavy atom. The number of esters is 1. The van der Waals surface area contributed by atoms with E-state index in [9.17, 15) is 4.79 Å². The Hall–Kier alpha value is -3.52. The maximum Gasteiger partial charge on any atom is 0.311 e. The van der Waals surface area contributed by atoms with Gasteiger partial charge in [-0.05, 0) is 57.0 Å². The number of anilines is 1. The van der Waals surface area contributed by atoms with E-state index in [2.05, 4.69) is 10.3 Å². The van der Waals surface area contributed by atoms with Gasteiger partial charge in [0.2, 0.25) is 5.95 Å². The monoisotopic (exact) mass is 481 g/mol. The van der Waals surface area contributed by atoms with E-state index in [0.29, 0.717) is 17.5 Å². The van der Waals surface area contributed by atoms with E-state index in [1.807, 2.05) is 64.1 Å². The molecule has 2 heterocycles. The van der Waals surface area contributed by atoms with Gasteiger partial charge in [0.15, 0.2) is 0 Å². The van der Waals surface area contributed by atoms with Crippen molar-refractivity contribution in [3.8, 4) is 0 Å². The van der Waals surface area contributed by atoms with Crippen LogP contribution in [-0.4, -0.2) is 27.1 Å². The maximum atomic E-state index is 12.5. The predicted octanol–water partition coefficient (Wildman–Crippen LogP) is 5.06. The van der Waals surface area contributed by atoms with Crippen LogP contribution in [0.15, 0.2) is 59.3 Å². The minimum Gasteiger partial charge on any atom is -0.462 e. The summed E-state index contributed by atoms with van der Waals surface area (Å²) < 4.78 is 12.5. The molecule has 4 rings (SSSR count). The Bertz CT molecular complexity index is 1380. The number of aromatic amines is 1. The Kier molecular flexibility index (Phi) is 6.27. The van der Waals surface area contributed by atoms with Crippen LogP contribution in [0, 0.1) is 10.8 Å². The molecular weight excluding hydrogens is 454 g/mol. The molecule has 0 radical (unpaired) electrons. The molecule has 0 fully saturated rings. The molecule has 0 saturated heterocycles. The number of oxazole rings is 1. The molecule has 178 valence electrons. The van der Waals surface area contributed by atoms with Gasteiger partial charge in [0.25, 0.3) is 5.68 Å². The Balaban J connectivity index is 1.67. The fourth-order valence-corrected chi connectivity index (χ4v) is 3.79. The highest BCUT2D eigenvalue weighted by atomic mass is 35.5. The molecule has 3 N–H and O–H groups in total. The fourth-order valence-electron chi connectivity index (χ4n) is 3.60. The van der Waals surface area contributed by atoms with Crippen LogP contribution in [-0.2, 0) is 21.6 Å². The van der Waals surface area contributed by atoms with Crippen LogP contribution in [0.5, 0.6) is 0 Å². The number of fused-ring (bicyclic) bond motifs is 1. The van der Waals surface area contributed by atoms with Gasteiger partial charge in [0.05, 0.1) is 28.5 Å². The molecule has 0 saturated carbocycles. The number of carbonyl (C=O) groups is 1. The van der Waals surface area contributed by atoms with Crippen LogP contribution in [0.25, 0.3) is 11.0 Å². The molecular formula is C25H28ClN5O3. The van der Waals surface area contributed by atoms with E-state index in [4.69, 9.17) is 31.1 Å². The van der Waals surface area contributed by atoms with Crippen LogP contribution in [0.3, 0.4) is 0 Å². The van der Waals surface area contributed by atoms with Gasteiger partial charge in [-0.25, -0.2) is 4.98 Å². The number of ether oxygens (including phenoxy) is 1. The van der Waals surface area contributed by atoms with Gasteiger partial charge in [0, 0.05) is 11.2 Å². The molecule has 2 aromatic carbocycles. The Morgan fingerprint density at radius 1 is 1.24 bits per heavy atom. The molecule has 2 aromatic heterocycles. The first-order valence-electron chi connectivity index (χ1n) is 10.9. The SMILES string of the molecule is CC(C)(C)C(=O)OCC(C)(Nc1nc2c(Cn3ccoc3=N)cccc2[nH]1)c1cccc(Cl)c1. The van der Waals surface area contributed by atoms with E-state index in [-0.39, 0.29) is 18.3 Å². The molecule has 0 aliphatic rings. The van der Waals surface area contributed by atoms with Gasteiger partial charge in [-0.3, -0.25) is 14.8 Å². The van der Waals surface area contributed by atoms with E-state index in [0.717, 1.165) is 22.2 Å². The van der Waals surface area contributed by atoms with Gasteiger partial charge in [-0.2, -0.15) is 0 Å². The highest BCUT2D eigenvalue weighted by molar-refractivity contribution is 6.30. The summed E-state index contributed by atoms with van der Waals surface area (Å²) in [6.07, 6.45) is 3.20. The van der Waals surface area contributed by atoms with Crippen molar-refractivity contribution in [3.63, 3.8) is 0 Å². The lowest BCUT2D eigenvalue weighted by Gasteiger charge is -2.32. The fraction of sp³-hybridized carbons (Fsp3) is 0.320. The molecule has 9 heteroatoms. The second-order valence-corrected chi connectivity index (χ2v) is 9.96. The number of para-hydroxylation sites is 1. The Labute approximate surface area is 202 Å². The molecule has 8 nitrogen and oxygen atoms in total. The van der Waals surface area contributed by atoms with Gasteiger partial charge in [0.1, 0.15) is 12.9 Å². The lowest BCUT2D eigenvalue weighted by molar-refractivity contribution is -0.154. The van der Waals surface area contributed by atoms with Crippen LogP contribution >= 0.6 is 11.6 Å². The molecule has 0 amide bonds. The summed E-state index contributed by atoms with van der Waals surface area (Å²) in [7, 11) is 0. The van der Waals surface area contributed by atoms with Crippen molar-refractivity contribution in [2.75, 3.05) is 11.9 Å². The van der Waals surface area contributed by atoms with E-state index in [1.165, 1.54) is 6.26 Å². The number of hydrogen-bond donors (Lipinski definition) is 3. The topological polar surface area (TPSA) is 109 Å². The number of nitrogens with zero attached hydrogens (tertiary/aromatic N) is 2. The van der Waals surface area contributed by atoms with Gasteiger partial charge >= 0.3 is 5.97 Å². The molecule has 1 atom stereocenters. The number of aromatic nitrogens is 3. The van der Waals surface area contributed by atoms with Crippen molar-refractivity contribution < 1.29 is 13.9 Å². The van der Waals surface area contributed by atoms with Crippen molar-refractivity contribution in [3.05, 3.63) is 76.8 Å². The van der Waals surface area contributed by atoms with Crippen molar-refractivity contribution >= 4 is 34.6 Å². The summed E-state index contributed by atoms with van der Waals surface area (Å²) in [5.41, 5.74) is 2.06. The third-order valence-electron chi connectivity index (χ3n) is 5.58. The molecule has 1 unspecified atom stereocenters. The van der Waals surface area contributed by atoms with E-state index >= 15 is 0 Å². The van der Waals surface area contributed by atoms with Crippen LogP contribution < -0.4 is 11.0 Å². The van der Waals surface area contributed by atoms with Crippen LogP contribution in [0.4, 0.5) is 5.95 Å². The minimum absolute atomic E-state index is 0.0695. The van der Waals surface area contributed by atoms with E-state index in [1.54, 1.807) is 16.8 Å². The minimum atomic E-state index is -0.798. The zero-order chi connectivity index (χ0) is 24.5. The third-order valence-corrected chi connectivity index (χ3v) is 5.81. The molecule has 0 bridgehead atoms. The van der Waals surface area contributed by atoms with Gasteiger partial charge in [-0.15, -0.1) is 0 Å². The smallest absolute Gasteiger partial charge is 0.311 e. The Morgan fingerprint density at radius 2 is 2.00 bits per heavy atom. The normalized spacial score (nSPS) is 13.6. The molecule has 4 aromatic rings. The number of carbonyl (C=O) groups excluding carboxylic acids is 1. The summed E-state index contributed by atoms with van der Waals surface area (Å²) in [5, 5.41) is 11.9. The van der Waals surface area contributed by atoms with Crippen LogP contribution in [0.1, 0.15) is 38.8 Å². The molecule has 34 heavy (non-hydrogen) atoms. The lowest BCUT2D eigenvalue weighted by Crippen LogP contribution is -2.39. The second kappa shape index (κ2) is 9.02. The number of nitrogens with one attached hydrogen (secondary N) is 3. The zero-order valence-electron chi connectivity index (χ0n) is 19.6. The number of hydrogen-bond acceptors (Lipinski definition) is 6.